The van der Waals surface area contributed by atoms with E-state index in [4.69, 9.17) is 0 Å². The third-order valence-corrected chi connectivity index (χ3v) is 4.10. The standard InChI is InChI=1S/C16H10BrF4N3O/c17-8-3-1-6-11(14(8)21)24(7-12(19)20)15-13-9(18)4-2-5-10(13)22-16(25)23-15/h1-6,12H,7H2,(H,22,23,25). The van der Waals surface area contributed by atoms with Crippen LogP contribution >= 0.6 is 15.9 Å². The Morgan fingerprint density at radius 2 is 1.88 bits per heavy atom. The molecule has 0 spiro atoms. The van der Waals surface area contributed by atoms with Gasteiger partial charge in [-0.15, -0.1) is 0 Å². The normalized spacial score (nSPS) is 11.3. The van der Waals surface area contributed by atoms with Gasteiger partial charge >= 0.3 is 5.69 Å². The molecule has 0 radical (unpaired) electrons. The van der Waals surface area contributed by atoms with E-state index in [1.807, 2.05) is 0 Å². The first-order chi connectivity index (χ1) is 11.9. The summed E-state index contributed by atoms with van der Waals surface area (Å²) in [5.74, 6) is -1.98. The summed E-state index contributed by atoms with van der Waals surface area (Å²) < 4.78 is 55.0. The molecule has 0 amide bonds. The number of alkyl halides is 2. The highest BCUT2D eigenvalue weighted by Gasteiger charge is 2.24. The van der Waals surface area contributed by atoms with Crippen LogP contribution in [0.3, 0.4) is 0 Å². The molecular weight excluding hydrogens is 406 g/mol. The minimum atomic E-state index is -2.87. The van der Waals surface area contributed by atoms with Crippen molar-refractivity contribution in [1.29, 1.82) is 0 Å². The summed E-state index contributed by atoms with van der Waals surface area (Å²) in [4.78, 5) is 18.5. The Labute approximate surface area is 147 Å². The number of aromatic amines is 1. The third kappa shape index (κ3) is 3.37. The third-order valence-electron chi connectivity index (χ3n) is 3.48. The predicted molar refractivity (Wildman–Crippen MR) is 89.4 cm³/mol. The van der Waals surface area contributed by atoms with Crippen LogP contribution in [0, 0.1) is 11.6 Å². The van der Waals surface area contributed by atoms with E-state index in [0.29, 0.717) is 0 Å². The fourth-order valence-corrected chi connectivity index (χ4v) is 2.84. The highest BCUT2D eigenvalue weighted by atomic mass is 79.9. The highest BCUT2D eigenvalue weighted by Crippen LogP contribution is 2.34. The molecule has 0 saturated carbocycles. The molecule has 1 heterocycles. The molecule has 1 aromatic heterocycles. The maximum absolute atomic E-state index is 14.4. The second kappa shape index (κ2) is 6.83. The molecule has 0 atom stereocenters. The molecule has 1 N–H and O–H groups in total. The average Bonchev–Trinajstić information content (AvgIpc) is 2.54. The Kier molecular flexibility index (Phi) is 4.76. The first kappa shape index (κ1) is 17.4. The van der Waals surface area contributed by atoms with Crippen LogP contribution in [0.15, 0.2) is 45.7 Å². The lowest BCUT2D eigenvalue weighted by Crippen LogP contribution is -2.28. The van der Waals surface area contributed by atoms with E-state index in [1.54, 1.807) is 0 Å². The smallest absolute Gasteiger partial charge is 0.317 e. The highest BCUT2D eigenvalue weighted by molar-refractivity contribution is 9.10. The summed E-state index contributed by atoms with van der Waals surface area (Å²) in [6, 6.07) is 7.94. The minimum absolute atomic E-state index is 0.0406. The van der Waals surface area contributed by atoms with Gasteiger partial charge in [0, 0.05) is 0 Å². The first-order valence-electron chi connectivity index (χ1n) is 7.06. The lowest BCUT2D eigenvalue weighted by atomic mass is 10.2. The van der Waals surface area contributed by atoms with Gasteiger partial charge in [-0.2, -0.15) is 4.98 Å². The van der Waals surface area contributed by atoms with E-state index < -0.39 is 30.3 Å². The summed E-state index contributed by atoms with van der Waals surface area (Å²) in [6.45, 7) is -0.965. The number of rotatable bonds is 4. The zero-order valence-corrected chi connectivity index (χ0v) is 14.0. The molecule has 0 unspecified atom stereocenters. The topological polar surface area (TPSA) is 49.0 Å². The Hall–Kier alpha value is -2.42. The second-order valence-corrected chi connectivity index (χ2v) is 5.96. The number of halogens is 5. The number of nitrogens with zero attached hydrogens (tertiary/aromatic N) is 2. The number of aromatic nitrogens is 2. The van der Waals surface area contributed by atoms with Crippen molar-refractivity contribution < 1.29 is 17.6 Å². The molecule has 130 valence electrons. The van der Waals surface area contributed by atoms with Gasteiger partial charge in [-0.05, 0) is 40.2 Å². The van der Waals surface area contributed by atoms with Crippen molar-refractivity contribution in [2.45, 2.75) is 6.43 Å². The van der Waals surface area contributed by atoms with Crippen LogP contribution in [0.25, 0.3) is 10.9 Å². The number of H-pyrrole nitrogens is 1. The largest absolute Gasteiger partial charge is 0.347 e. The molecule has 0 aliphatic carbocycles. The molecule has 2 aromatic carbocycles. The number of nitrogens with one attached hydrogen (secondary N) is 1. The van der Waals surface area contributed by atoms with Crippen molar-refractivity contribution in [3.05, 3.63) is 63.0 Å². The number of anilines is 2. The van der Waals surface area contributed by atoms with Gasteiger partial charge in [0.05, 0.1) is 27.6 Å². The molecular formula is C16H10BrF4N3O. The quantitative estimate of drug-likeness (QED) is 0.643. The van der Waals surface area contributed by atoms with E-state index in [9.17, 15) is 22.4 Å². The van der Waals surface area contributed by atoms with Crippen LogP contribution in [0.5, 0.6) is 0 Å². The van der Waals surface area contributed by atoms with Crippen LogP contribution in [0.2, 0.25) is 0 Å². The number of hydrogen-bond acceptors (Lipinski definition) is 3. The van der Waals surface area contributed by atoms with Crippen LogP contribution in [0.4, 0.5) is 29.1 Å². The summed E-state index contributed by atoms with van der Waals surface area (Å²) >= 11 is 2.98. The summed E-state index contributed by atoms with van der Waals surface area (Å²) in [5.41, 5.74) is -1.04. The van der Waals surface area contributed by atoms with Crippen LogP contribution in [-0.2, 0) is 0 Å². The summed E-state index contributed by atoms with van der Waals surface area (Å²) in [6.07, 6.45) is -2.87. The molecule has 0 aliphatic heterocycles. The fourth-order valence-electron chi connectivity index (χ4n) is 2.48. The molecule has 25 heavy (non-hydrogen) atoms. The molecule has 0 aliphatic rings. The maximum Gasteiger partial charge on any atom is 0.347 e. The number of hydrogen-bond donors (Lipinski definition) is 1. The molecule has 3 aromatic rings. The molecule has 0 bridgehead atoms. The Morgan fingerprint density at radius 3 is 2.60 bits per heavy atom. The molecule has 3 rings (SSSR count). The van der Waals surface area contributed by atoms with Gasteiger partial charge in [-0.3, -0.25) is 0 Å². The van der Waals surface area contributed by atoms with Crippen molar-refractivity contribution in [1.82, 2.24) is 9.97 Å². The van der Waals surface area contributed by atoms with Crippen molar-refractivity contribution >= 4 is 38.3 Å². The zero-order valence-electron chi connectivity index (χ0n) is 12.4. The van der Waals surface area contributed by atoms with E-state index >= 15 is 0 Å². The lowest BCUT2D eigenvalue weighted by molar-refractivity contribution is 0.157. The number of fused-ring (bicyclic) bond motifs is 1. The van der Waals surface area contributed by atoms with Gasteiger partial charge in [-0.1, -0.05) is 12.1 Å². The van der Waals surface area contributed by atoms with Crippen LogP contribution in [-0.4, -0.2) is 22.9 Å². The van der Waals surface area contributed by atoms with Gasteiger partial charge < -0.3 is 9.88 Å². The van der Waals surface area contributed by atoms with Crippen molar-refractivity contribution in [2.24, 2.45) is 0 Å². The lowest BCUT2D eigenvalue weighted by Gasteiger charge is -2.25. The molecule has 9 heteroatoms. The summed E-state index contributed by atoms with van der Waals surface area (Å²) in [7, 11) is 0. The first-order valence-corrected chi connectivity index (χ1v) is 7.86. The van der Waals surface area contributed by atoms with Gasteiger partial charge in [0.2, 0.25) is 0 Å². The van der Waals surface area contributed by atoms with Crippen LogP contribution < -0.4 is 10.6 Å². The van der Waals surface area contributed by atoms with Gasteiger partial charge in [0.15, 0.2) is 11.6 Å². The zero-order chi connectivity index (χ0) is 18.1. The van der Waals surface area contributed by atoms with E-state index in [-0.39, 0.29) is 26.9 Å². The second-order valence-electron chi connectivity index (χ2n) is 5.10. The van der Waals surface area contributed by atoms with E-state index in [1.165, 1.54) is 30.3 Å². The monoisotopic (exact) mass is 415 g/mol. The Bertz CT molecular complexity index is 993. The van der Waals surface area contributed by atoms with Gasteiger partial charge in [0.25, 0.3) is 6.43 Å². The van der Waals surface area contributed by atoms with Crippen molar-refractivity contribution in [3.8, 4) is 0 Å². The van der Waals surface area contributed by atoms with E-state index in [0.717, 1.165) is 11.0 Å². The number of benzene rings is 2. The molecule has 0 saturated heterocycles. The SMILES string of the molecule is O=c1nc(N(CC(F)F)c2cccc(Br)c2F)c2c(F)cccc2[nH]1. The van der Waals surface area contributed by atoms with E-state index in [2.05, 4.69) is 25.9 Å². The molecule has 0 fully saturated rings. The summed E-state index contributed by atoms with van der Waals surface area (Å²) in [5, 5.41) is -0.179. The van der Waals surface area contributed by atoms with Gasteiger partial charge in [0.1, 0.15) is 5.82 Å². The average molecular weight is 416 g/mol. The Balaban J connectivity index is 2.33. The fraction of sp³-hybridized carbons (Fsp3) is 0.125. The maximum atomic E-state index is 14.4. The van der Waals surface area contributed by atoms with Crippen LogP contribution in [0.1, 0.15) is 0 Å². The van der Waals surface area contributed by atoms with Crippen molar-refractivity contribution in [3.63, 3.8) is 0 Å². The minimum Gasteiger partial charge on any atom is -0.317 e. The molecule has 4 nitrogen and oxygen atoms in total. The predicted octanol–water partition coefficient (Wildman–Crippen LogP) is 4.37. The van der Waals surface area contributed by atoms with Gasteiger partial charge in [-0.25, -0.2) is 22.4 Å². The Morgan fingerprint density at radius 1 is 1.16 bits per heavy atom. The van der Waals surface area contributed by atoms with Crippen molar-refractivity contribution in [2.75, 3.05) is 11.4 Å².